The molecule has 4 rings (SSSR count). The lowest BCUT2D eigenvalue weighted by Crippen LogP contribution is -2.31. The number of hydrogen-bond donors (Lipinski definition) is 2. The van der Waals surface area contributed by atoms with Crippen LogP contribution in [0.3, 0.4) is 0 Å². The van der Waals surface area contributed by atoms with Gasteiger partial charge in [-0.25, -0.2) is 4.63 Å². The number of rotatable bonds is 3. The average molecular weight is 260 g/mol. The Bertz CT molecular complexity index is 608. The van der Waals surface area contributed by atoms with Crippen LogP contribution in [0.4, 0.5) is 11.4 Å². The summed E-state index contributed by atoms with van der Waals surface area (Å²) in [5, 5.41) is 11.3. The van der Waals surface area contributed by atoms with Crippen LogP contribution in [0.2, 0.25) is 0 Å². The normalized spacial score (nSPS) is 26.9. The lowest BCUT2D eigenvalue weighted by molar-refractivity contribution is 0.0898. The number of fused-ring (bicyclic) bond motifs is 1. The summed E-state index contributed by atoms with van der Waals surface area (Å²) in [6.07, 6.45) is 3.92. The van der Waals surface area contributed by atoms with Gasteiger partial charge in [0.05, 0.1) is 23.5 Å². The van der Waals surface area contributed by atoms with Crippen molar-refractivity contribution >= 4 is 22.4 Å². The largest absolute Gasteiger partial charge is 0.397 e. The highest BCUT2D eigenvalue weighted by atomic mass is 16.6. The maximum atomic E-state index is 5.85. The highest BCUT2D eigenvalue weighted by Gasteiger charge is 2.40. The predicted octanol–water partition coefficient (Wildman–Crippen LogP) is 1.78. The van der Waals surface area contributed by atoms with Crippen LogP contribution >= 0.6 is 0 Å². The molecule has 2 aliphatic rings. The van der Waals surface area contributed by atoms with E-state index in [0.29, 0.717) is 28.9 Å². The Hall–Kier alpha value is -1.82. The van der Waals surface area contributed by atoms with Crippen LogP contribution in [0.1, 0.15) is 19.3 Å². The van der Waals surface area contributed by atoms with Crippen LogP contribution in [0.15, 0.2) is 16.8 Å². The van der Waals surface area contributed by atoms with Crippen molar-refractivity contribution in [2.45, 2.75) is 31.4 Å². The monoisotopic (exact) mass is 260 g/mol. The maximum absolute atomic E-state index is 5.85. The van der Waals surface area contributed by atoms with Gasteiger partial charge in [-0.3, -0.25) is 0 Å². The minimum absolute atomic E-state index is 0.326. The van der Waals surface area contributed by atoms with Crippen molar-refractivity contribution in [3.8, 4) is 0 Å². The Morgan fingerprint density at radius 1 is 1.16 bits per heavy atom. The van der Waals surface area contributed by atoms with Gasteiger partial charge >= 0.3 is 0 Å². The van der Waals surface area contributed by atoms with Gasteiger partial charge < -0.3 is 15.8 Å². The van der Waals surface area contributed by atoms with Gasteiger partial charge in [0.15, 0.2) is 11.0 Å². The third-order valence-corrected chi connectivity index (χ3v) is 4.01. The molecule has 1 aromatic heterocycles. The summed E-state index contributed by atoms with van der Waals surface area (Å²) in [6.45, 7) is 0.827. The van der Waals surface area contributed by atoms with Crippen LogP contribution in [0.5, 0.6) is 0 Å². The molecule has 6 nitrogen and oxygen atoms in total. The lowest BCUT2D eigenvalue weighted by atomic mass is 10.1. The number of hydrogen-bond acceptors (Lipinski definition) is 6. The average Bonchev–Trinajstić information content (AvgIpc) is 2.95. The number of nitrogen functional groups attached to an aromatic ring is 1. The van der Waals surface area contributed by atoms with Crippen molar-refractivity contribution in [1.29, 1.82) is 0 Å². The first-order valence-corrected chi connectivity index (χ1v) is 6.72. The molecule has 100 valence electrons. The highest BCUT2D eigenvalue weighted by molar-refractivity contribution is 5.95. The summed E-state index contributed by atoms with van der Waals surface area (Å²) in [6, 6.07) is 4.11. The Kier molecular flexibility index (Phi) is 2.38. The second kappa shape index (κ2) is 4.09. The number of nitrogens with zero attached hydrogens (tertiary/aromatic N) is 2. The third kappa shape index (κ3) is 1.83. The first-order valence-electron chi connectivity index (χ1n) is 6.72. The molecule has 1 aromatic carbocycles. The molecule has 0 bridgehead atoms. The summed E-state index contributed by atoms with van der Waals surface area (Å²) in [5.74, 6) is 0.722. The molecule has 1 aliphatic carbocycles. The molecule has 19 heavy (non-hydrogen) atoms. The van der Waals surface area contributed by atoms with E-state index in [9.17, 15) is 0 Å². The minimum atomic E-state index is 0.326. The maximum Gasteiger partial charge on any atom is 0.160 e. The summed E-state index contributed by atoms with van der Waals surface area (Å²) in [5.41, 5.74) is 8.67. The van der Waals surface area contributed by atoms with Crippen LogP contribution < -0.4 is 11.1 Å². The molecule has 2 fully saturated rings. The minimum Gasteiger partial charge on any atom is -0.397 e. The van der Waals surface area contributed by atoms with Crippen molar-refractivity contribution in [2.75, 3.05) is 17.7 Å². The van der Waals surface area contributed by atoms with E-state index in [1.165, 1.54) is 12.8 Å². The Balaban J connectivity index is 1.64. The molecular weight excluding hydrogens is 244 g/mol. The second-order valence-electron chi connectivity index (χ2n) is 5.38. The van der Waals surface area contributed by atoms with Gasteiger partial charge in [-0.15, -0.1) is 0 Å². The van der Waals surface area contributed by atoms with Crippen molar-refractivity contribution < 1.29 is 9.37 Å². The molecule has 2 unspecified atom stereocenters. The summed E-state index contributed by atoms with van der Waals surface area (Å²) in [4.78, 5) is 0. The number of ether oxygens (including phenoxy) is 1. The van der Waals surface area contributed by atoms with Crippen LogP contribution in [0, 0.1) is 5.92 Å². The van der Waals surface area contributed by atoms with E-state index < -0.39 is 0 Å². The molecule has 1 aliphatic heterocycles. The molecule has 3 N–H and O–H groups in total. The zero-order valence-electron chi connectivity index (χ0n) is 10.5. The van der Waals surface area contributed by atoms with Crippen LogP contribution in [0.25, 0.3) is 11.0 Å². The summed E-state index contributed by atoms with van der Waals surface area (Å²) >= 11 is 0. The van der Waals surface area contributed by atoms with E-state index in [4.69, 9.17) is 15.1 Å². The molecule has 2 atom stereocenters. The Labute approximate surface area is 110 Å². The number of benzene rings is 1. The zero-order valence-corrected chi connectivity index (χ0v) is 10.5. The van der Waals surface area contributed by atoms with Crippen molar-refractivity contribution in [2.24, 2.45) is 5.92 Å². The van der Waals surface area contributed by atoms with E-state index in [2.05, 4.69) is 15.6 Å². The number of nitrogens with one attached hydrogen (secondary N) is 1. The summed E-state index contributed by atoms with van der Waals surface area (Å²) < 4.78 is 10.6. The molecule has 2 heterocycles. The standard InChI is InChI=1S/C13H16N4O2/c14-8-3-4-9(12-11(8)16-19-17-12)15-10-5-6-18-13(10)7-1-2-7/h3-4,7,10,13,15H,1-2,5-6,14H2. The lowest BCUT2D eigenvalue weighted by Gasteiger charge is -2.20. The van der Waals surface area contributed by atoms with Crippen molar-refractivity contribution in [1.82, 2.24) is 10.3 Å². The zero-order chi connectivity index (χ0) is 12.8. The fraction of sp³-hybridized carbons (Fsp3) is 0.538. The van der Waals surface area contributed by atoms with E-state index in [0.717, 1.165) is 24.6 Å². The van der Waals surface area contributed by atoms with E-state index in [1.54, 1.807) is 0 Å². The van der Waals surface area contributed by atoms with E-state index in [1.807, 2.05) is 12.1 Å². The van der Waals surface area contributed by atoms with Crippen molar-refractivity contribution in [3.05, 3.63) is 12.1 Å². The van der Waals surface area contributed by atoms with Gasteiger partial charge in [0, 0.05) is 6.61 Å². The van der Waals surface area contributed by atoms with Gasteiger partial charge in [0.2, 0.25) is 0 Å². The number of nitrogens with two attached hydrogens (primary N) is 1. The Morgan fingerprint density at radius 3 is 2.84 bits per heavy atom. The predicted molar refractivity (Wildman–Crippen MR) is 70.7 cm³/mol. The smallest absolute Gasteiger partial charge is 0.160 e. The van der Waals surface area contributed by atoms with Crippen LogP contribution in [-0.2, 0) is 4.74 Å². The van der Waals surface area contributed by atoms with Crippen LogP contribution in [-0.4, -0.2) is 29.1 Å². The molecule has 1 saturated heterocycles. The fourth-order valence-corrected chi connectivity index (χ4v) is 2.86. The molecule has 0 amide bonds. The first kappa shape index (κ1) is 11.0. The molecule has 1 saturated carbocycles. The van der Waals surface area contributed by atoms with Gasteiger partial charge in [0.25, 0.3) is 0 Å². The van der Waals surface area contributed by atoms with Gasteiger partial charge in [-0.05, 0) is 47.6 Å². The third-order valence-electron chi connectivity index (χ3n) is 4.01. The van der Waals surface area contributed by atoms with E-state index >= 15 is 0 Å². The molecule has 2 aromatic rings. The van der Waals surface area contributed by atoms with E-state index in [-0.39, 0.29) is 0 Å². The first-order chi connectivity index (χ1) is 9.33. The number of aromatic nitrogens is 2. The number of anilines is 2. The molecule has 6 heteroatoms. The summed E-state index contributed by atoms with van der Waals surface area (Å²) in [7, 11) is 0. The van der Waals surface area contributed by atoms with Gasteiger partial charge in [-0.1, -0.05) is 0 Å². The second-order valence-corrected chi connectivity index (χ2v) is 5.38. The molecule has 0 spiro atoms. The highest BCUT2D eigenvalue weighted by Crippen LogP contribution is 2.40. The van der Waals surface area contributed by atoms with Crippen molar-refractivity contribution in [3.63, 3.8) is 0 Å². The van der Waals surface area contributed by atoms with Gasteiger partial charge in [0.1, 0.15) is 0 Å². The van der Waals surface area contributed by atoms with Gasteiger partial charge in [-0.2, -0.15) is 0 Å². The quantitative estimate of drug-likeness (QED) is 0.818. The molecular formula is C13H16N4O2. The fourth-order valence-electron chi connectivity index (χ4n) is 2.86. The SMILES string of the molecule is Nc1ccc(NC2CCOC2C2CC2)c2nonc12. The molecule has 0 radical (unpaired) electrons. The topological polar surface area (TPSA) is 86.2 Å². The Morgan fingerprint density at radius 2 is 2.00 bits per heavy atom.